The molecule has 4 aliphatic rings. The highest BCUT2D eigenvalue weighted by atomic mass is 15.1. The van der Waals surface area contributed by atoms with Gasteiger partial charge in [-0.1, -0.05) is 17.8 Å². The number of hydrogen-bond donors (Lipinski definition) is 0. The van der Waals surface area contributed by atoms with Crippen molar-refractivity contribution in [2.75, 3.05) is 0 Å². The van der Waals surface area contributed by atoms with Gasteiger partial charge >= 0.3 is 0 Å². The van der Waals surface area contributed by atoms with Crippen LogP contribution in [0.1, 0.15) is 19.8 Å². The van der Waals surface area contributed by atoms with Crippen LogP contribution in [-0.2, 0) is 0 Å². The van der Waals surface area contributed by atoms with Crippen LogP contribution in [0.2, 0.25) is 0 Å². The summed E-state index contributed by atoms with van der Waals surface area (Å²) >= 11 is 0. The largest absolute Gasteiger partial charge is 0.251 e. The van der Waals surface area contributed by atoms with Gasteiger partial charge in [0.25, 0.3) is 0 Å². The van der Waals surface area contributed by atoms with Crippen LogP contribution in [0.5, 0.6) is 0 Å². The number of allylic oxidation sites excluding steroid dienone is 8. The highest BCUT2D eigenvalue weighted by Crippen LogP contribution is 2.41. The van der Waals surface area contributed by atoms with E-state index in [2.05, 4.69) is 71.5 Å². The molecule has 0 aromatic carbocycles. The predicted molar refractivity (Wildman–Crippen MR) is 85.8 cm³/mol. The van der Waals surface area contributed by atoms with Crippen molar-refractivity contribution >= 4 is 0 Å². The lowest BCUT2D eigenvalue weighted by atomic mass is 10.1. The fourth-order valence-electron chi connectivity index (χ4n) is 2.38. The average Bonchev–Trinajstić information content (AvgIpc) is 3.43. The fourth-order valence-corrected chi connectivity index (χ4v) is 2.38. The zero-order valence-corrected chi connectivity index (χ0v) is 12.0. The molecule has 98 valence electrons. The van der Waals surface area contributed by atoms with E-state index in [1.54, 1.807) is 6.92 Å². The van der Waals surface area contributed by atoms with Crippen molar-refractivity contribution in [2.24, 2.45) is 0 Å². The van der Waals surface area contributed by atoms with Crippen molar-refractivity contribution in [1.82, 2.24) is 4.90 Å². The van der Waals surface area contributed by atoms with Crippen molar-refractivity contribution in [2.45, 2.75) is 19.8 Å². The topological polar surface area (TPSA) is 3.24 Å². The highest BCUT2D eigenvalue weighted by Gasteiger charge is 2.31. The molecule has 0 aromatic rings. The highest BCUT2D eigenvalue weighted by molar-refractivity contribution is 5.72. The number of nitrogens with zero attached hydrogens (tertiary/aromatic N) is 1. The molecule has 0 unspecified atom stereocenters. The minimum atomic E-state index is 0.840. The molecule has 0 aliphatic heterocycles. The number of hydrogen-bond acceptors (Lipinski definition) is 1. The Morgan fingerprint density at radius 3 is 2.05 bits per heavy atom. The Hall–Kier alpha value is -3.44. The Balaban J connectivity index is 1.73. The van der Waals surface area contributed by atoms with Gasteiger partial charge in [-0.3, -0.25) is 4.90 Å². The first kappa shape index (κ1) is 12.3. The molecule has 0 aromatic heterocycles. The molecule has 4 rings (SSSR count). The molecule has 0 N–H and O–H groups in total. The Morgan fingerprint density at radius 2 is 1.45 bits per heavy atom. The monoisotopic (exact) mass is 275 g/mol. The van der Waals surface area contributed by atoms with Crippen LogP contribution in [-0.4, -0.2) is 4.90 Å². The van der Waals surface area contributed by atoms with E-state index in [1.807, 2.05) is 4.90 Å². The predicted octanol–water partition coefficient (Wildman–Crippen LogP) is 2.48. The molecule has 1 heteroatoms. The quantitative estimate of drug-likeness (QED) is 0.553. The smallest absolute Gasteiger partial charge is 0.113 e. The second kappa shape index (κ2) is 4.83. The summed E-state index contributed by atoms with van der Waals surface area (Å²) in [5, 5.41) is 0. The average molecular weight is 275 g/mol. The van der Waals surface area contributed by atoms with Gasteiger partial charge in [0.2, 0.25) is 0 Å². The van der Waals surface area contributed by atoms with E-state index < -0.39 is 0 Å². The first-order valence-corrected chi connectivity index (χ1v) is 6.99. The van der Waals surface area contributed by atoms with E-state index in [1.165, 1.54) is 22.3 Å². The van der Waals surface area contributed by atoms with Gasteiger partial charge < -0.3 is 0 Å². The van der Waals surface area contributed by atoms with E-state index in [0.29, 0.717) is 0 Å². The molecule has 0 bridgehead atoms. The Labute approximate surface area is 130 Å². The van der Waals surface area contributed by atoms with Gasteiger partial charge in [-0.25, -0.2) is 0 Å². The van der Waals surface area contributed by atoms with Crippen LogP contribution in [0, 0.1) is 59.3 Å². The standard InChI is InChI=1S/C21H9N/c1-2-3-4-5-6-13-22(20-11-7-9-16-14-18(16)20)21-12-8-10-17-15-19(17)21/h14-15H,9-10H2,1H3. The zero-order chi connectivity index (χ0) is 14.9. The fraction of sp³-hybridized carbons (Fsp3) is 0.143. The second-order valence-corrected chi connectivity index (χ2v) is 5.02. The lowest BCUT2D eigenvalue weighted by Crippen LogP contribution is -2.17. The van der Waals surface area contributed by atoms with Gasteiger partial charge in [-0.15, -0.1) is 0 Å². The SMILES string of the molecule is CC#CC#CC#CN(C1=C2C=C2CC#C1)C1=C2C=C2CC#C1. The second-order valence-electron chi connectivity index (χ2n) is 5.02. The molecule has 1 nitrogen and oxygen atoms in total. The van der Waals surface area contributed by atoms with Crippen LogP contribution in [0.25, 0.3) is 0 Å². The lowest BCUT2D eigenvalue weighted by molar-refractivity contribution is 0.653. The maximum absolute atomic E-state index is 3.20. The van der Waals surface area contributed by atoms with Crippen LogP contribution >= 0.6 is 0 Å². The normalized spacial score (nSPS) is 17.0. The van der Waals surface area contributed by atoms with E-state index in [0.717, 1.165) is 24.2 Å². The molecule has 22 heavy (non-hydrogen) atoms. The molecule has 0 radical (unpaired) electrons. The van der Waals surface area contributed by atoms with E-state index >= 15 is 0 Å². The molecular formula is C21H9N. The van der Waals surface area contributed by atoms with Gasteiger partial charge in [0.1, 0.15) is 11.4 Å². The van der Waals surface area contributed by atoms with Crippen molar-refractivity contribution in [3.63, 3.8) is 0 Å². The third-order valence-electron chi connectivity index (χ3n) is 3.57. The number of rotatable bonds is 2. The van der Waals surface area contributed by atoms with E-state index in [-0.39, 0.29) is 0 Å². The first-order chi connectivity index (χ1) is 10.9. The molecule has 0 saturated heterocycles. The summed E-state index contributed by atoms with van der Waals surface area (Å²) in [5.41, 5.74) is 6.88. The van der Waals surface area contributed by atoms with Gasteiger partial charge in [0.15, 0.2) is 0 Å². The van der Waals surface area contributed by atoms with E-state index in [4.69, 9.17) is 0 Å². The van der Waals surface area contributed by atoms with Crippen molar-refractivity contribution in [1.29, 1.82) is 0 Å². The minimum Gasteiger partial charge on any atom is -0.251 e. The van der Waals surface area contributed by atoms with Crippen molar-refractivity contribution in [3.8, 4) is 59.3 Å². The summed E-state index contributed by atoms with van der Waals surface area (Å²) in [7, 11) is 0. The van der Waals surface area contributed by atoms with Gasteiger partial charge in [-0.05, 0) is 53.9 Å². The van der Waals surface area contributed by atoms with Crippen molar-refractivity contribution in [3.05, 3.63) is 45.8 Å². The Morgan fingerprint density at radius 1 is 0.864 bits per heavy atom. The summed E-state index contributed by atoms with van der Waals surface area (Å²) in [6.45, 7) is 1.75. The van der Waals surface area contributed by atoms with Gasteiger partial charge in [0.05, 0.1) is 0 Å². The Bertz CT molecular complexity index is 983. The Kier molecular flexibility index (Phi) is 2.71. The van der Waals surface area contributed by atoms with Gasteiger partial charge in [0, 0.05) is 41.9 Å². The molecule has 4 aliphatic carbocycles. The minimum absolute atomic E-state index is 0.840. The molecule has 0 fully saturated rings. The third kappa shape index (κ3) is 2.11. The maximum atomic E-state index is 3.20. The van der Waals surface area contributed by atoms with E-state index in [9.17, 15) is 0 Å². The molecule has 0 amide bonds. The first-order valence-electron chi connectivity index (χ1n) is 6.99. The van der Waals surface area contributed by atoms with Crippen molar-refractivity contribution < 1.29 is 0 Å². The summed E-state index contributed by atoms with van der Waals surface area (Å²) in [4.78, 5) is 1.89. The molecule has 0 spiro atoms. The summed E-state index contributed by atoms with van der Waals surface area (Å²) < 4.78 is 0. The summed E-state index contributed by atoms with van der Waals surface area (Å²) in [5.74, 6) is 26.4. The van der Waals surface area contributed by atoms with Crippen LogP contribution in [0.3, 0.4) is 0 Å². The molecular weight excluding hydrogens is 266 g/mol. The number of fused-ring (bicyclic) bond motifs is 2. The van der Waals surface area contributed by atoms with Crippen LogP contribution in [0.15, 0.2) is 45.8 Å². The molecule has 0 saturated carbocycles. The molecule has 0 atom stereocenters. The van der Waals surface area contributed by atoms with Gasteiger partial charge in [-0.2, -0.15) is 0 Å². The molecule has 0 heterocycles. The third-order valence-corrected chi connectivity index (χ3v) is 3.57. The van der Waals surface area contributed by atoms with Crippen LogP contribution < -0.4 is 0 Å². The zero-order valence-electron chi connectivity index (χ0n) is 12.0. The maximum Gasteiger partial charge on any atom is 0.113 e. The lowest BCUT2D eigenvalue weighted by Gasteiger charge is -2.19. The summed E-state index contributed by atoms with van der Waals surface area (Å²) in [6, 6.07) is 3.09. The summed E-state index contributed by atoms with van der Waals surface area (Å²) in [6.07, 6.45) is 5.97. The van der Waals surface area contributed by atoms with Crippen LogP contribution in [0.4, 0.5) is 0 Å².